The Kier molecular flexibility index (Phi) is 6.43. The molecule has 0 saturated carbocycles. The molecule has 28 heavy (non-hydrogen) atoms. The number of amides is 2. The molecule has 0 unspecified atom stereocenters. The molecule has 0 atom stereocenters. The summed E-state index contributed by atoms with van der Waals surface area (Å²) in [6.45, 7) is 3.89. The van der Waals surface area contributed by atoms with Crippen molar-refractivity contribution in [3.05, 3.63) is 64.3 Å². The Morgan fingerprint density at radius 1 is 1.36 bits per heavy atom. The number of carbonyl (C=O) groups is 2. The lowest BCUT2D eigenvalue weighted by atomic mass is 10.1. The van der Waals surface area contributed by atoms with E-state index in [0.717, 1.165) is 11.1 Å². The minimum absolute atomic E-state index is 0.116. The van der Waals surface area contributed by atoms with Gasteiger partial charge < -0.3 is 9.84 Å². The van der Waals surface area contributed by atoms with Gasteiger partial charge in [-0.1, -0.05) is 65.5 Å². The SMILES string of the molecule is CC(/C=C1\SC(=S)N(CCC(=O)Nc2cc(C)on2)C1=O)=C\c1ccccc1. The van der Waals surface area contributed by atoms with Gasteiger partial charge in [0.15, 0.2) is 5.82 Å². The number of carbonyl (C=O) groups excluding carboxylic acids is 2. The van der Waals surface area contributed by atoms with Gasteiger partial charge in [-0.25, -0.2) is 0 Å². The van der Waals surface area contributed by atoms with Crippen LogP contribution in [0.5, 0.6) is 0 Å². The van der Waals surface area contributed by atoms with E-state index in [4.69, 9.17) is 16.7 Å². The standard InChI is InChI=1S/C20H19N3O3S2/c1-13(10-15-6-4-3-5-7-15)11-16-19(25)23(20(27)28-16)9-8-18(24)21-17-12-14(2)26-22-17/h3-7,10-12H,8-9H2,1-2H3,(H,21,22,24)/b13-10+,16-11-. The Hall–Kier alpha value is -2.71. The third kappa shape index (κ3) is 5.17. The fraction of sp³-hybridized carbons (Fsp3) is 0.200. The topological polar surface area (TPSA) is 75.4 Å². The molecule has 0 spiro atoms. The zero-order valence-electron chi connectivity index (χ0n) is 15.5. The van der Waals surface area contributed by atoms with Crippen LogP contribution in [0.15, 0.2) is 57.5 Å². The first-order valence-corrected chi connectivity index (χ1v) is 9.87. The Labute approximate surface area is 172 Å². The molecule has 1 aliphatic rings. The molecule has 1 aromatic heterocycles. The van der Waals surface area contributed by atoms with E-state index in [0.29, 0.717) is 20.8 Å². The molecule has 8 heteroatoms. The van der Waals surface area contributed by atoms with Crippen LogP contribution in [-0.4, -0.2) is 32.7 Å². The summed E-state index contributed by atoms with van der Waals surface area (Å²) in [6.07, 6.45) is 3.94. The summed E-state index contributed by atoms with van der Waals surface area (Å²) < 4.78 is 5.36. The van der Waals surface area contributed by atoms with E-state index in [1.54, 1.807) is 13.0 Å². The largest absolute Gasteiger partial charge is 0.360 e. The number of allylic oxidation sites excluding steroid dienone is 2. The van der Waals surface area contributed by atoms with E-state index in [1.807, 2.05) is 49.4 Å². The van der Waals surface area contributed by atoms with Crippen molar-refractivity contribution in [1.82, 2.24) is 10.1 Å². The monoisotopic (exact) mass is 413 g/mol. The number of anilines is 1. The first-order chi connectivity index (χ1) is 13.4. The molecule has 1 N–H and O–H groups in total. The molecule has 2 aromatic rings. The smallest absolute Gasteiger partial charge is 0.266 e. The fourth-order valence-electron chi connectivity index (χ4n) is 2.60. The Morgan fingerprint density at radius 2 is 2.11 bits per heavy atom. The van der Waals surface area contributed by atoms with Crippen molar-refractivity contribution in [1.29, 1.82) is 0 Å². The highest BCUT2D eigenvalue weighted by Crippen LogP contribution is 2.32. The second-order valence-corrected chi connectivity index (χ2v) is 7.93. The lowest BCUT2D eigenvalue weighted by Gasteiger charge is -2.13. The second-order valence-electron chi connectivity index (χ2n) is 6.25. The van der Waals surface area contributed by atoms with Gasteiger partial charge in [0, 0.05) is 19.0 Å². The number of nitrogens with one attached hydrogen (secondary N) is 1. The van der Waals surface area contributed by atoms with Gasteiger partial charge in [-0.2, -0.15) is 0 Å². The number of thioether (sulfide) groups is 1. The maximum absolute atomic E-state index is 12.6. The van der Waals surface area contributed by atoms with Crippen molar-refractivity contribution < 1.29 is 14.1 Å². The van der Waals surface area contributed by atoms with E-state index in [2.05, 4.69) is 10.5 Å². The van der Waals surface area contributed by atoms with Crippen molar-refractivity contribution in [2.24, 2.45) is 0 Å². The highest BCUT2D eigenvalue weighted by atomic mass is 32.2. The summed E-state index contributed by atoms with van der Waals surface area (Å²) >= 11 is 6.56. The Bertz CT molecular complexity index is 964. The van der Waals surface area contributed by atoms with E-state index in [1.165, 1.54) is 16.7 Å². The molecule has 3 rings (SSSR count). The first-order valence-electron chi connectivity index (χ1n) is 8.64. The summed E-state index contributed by atoms with van der Waals surface area (Å²) in [5.74, 6) is 0.526. The van der Waals surface area contributed by atoms with Gasteiger partial charge in [0.1, 0.15) is 10.1 Å². The minimum Gasteiger partial charge on any atom is -0.360 e. The van der Waals surface area contributed by atoms with Gasteiger partial charge in [-0.15, -0.1) is 0 Å². The van der Waals surface area contributed by atoms with Gasteiger partial charge >= 0.3 is 0 Å². The van der Waals surface area contributed by atoms with Crippen LogP contribution in [0.25, 0.3) is 6.08 Å². The maximum Gasteiger partial charge on any atom is 0.266 e. The number of aromatic nitrogens is 1. The van der Waals surface area contributed by atoms with Crippen LogP contribution in [0.2, 0.25) is 0 Å². The van der Waals surface area contributed by atoms with Crippen LogP contribution >= 0.6 is 24.0 Å². The molecule has 1 saturated heterocycles. The summed E-state index contributed by atoms with van der Waals surface area (Å²) in [7, 11) is 0. The maximum atomic E-state index is 12.6. The summed E-state index contributed by atoms with van der Waals surface area (Å²) in [5.41, 5.74) is 2.01. The Morgan fingerprint density at radius 3 is 2.79 bits per heavy atom. The number of hydrogen-bond acceptors (Lipinski definition) is 6. The highest BCUT2D eigenvalue weighted by molar-refractivity contribution is 8.26. The molecule has 1 aliphatic heterocycles. The zero-order chi connectivity index (χ0) is 20.1. The van der Waals surface area contributed by atoms with Gasteiger partial charge in [-0.05, 0) is 31.1 Å². The van der Waals surface area contributed by atoms with E-state index < -0.39 is 0 Å². The molecule has 1 fully saturated rings. The predicted octanol–water partition coefficient (Wildman–Crippen LogP) is 4.16. The third-order valence-corrected chi connectivity index (χ3v) is 5.26. The molecule has 6 nitrogen and oxygen atoms in total. The quantitative estimate of drug-likeness (QED) is 0.566. The second kappa shape index (κ2) is 8.99. The molecule has 0 bridgehead atoms. The summed E-state index contributed by atoms with van der Waals surface area (Å²) in [6, 6.07) is 11.5. The number of aryl methyl sites for hydroxylation is 1. The molecular formula is C20H19N3O3S2. The highest BCUT2D eigenvalue weighted by Gasteiger charge is 2.32. The van der Waals surface area contributed by atoms with Crippen LogP contribution in [0.3, 0.4) is 0 Å². The third-order valence-electron chi connectivity index (χ3n) is 3.88. The van der Waals surface area contributed by atoms with Gasteiger partial charge in [0.05, 0.1) is 4.91 Å². The number of thiocarbonyl (C=S) groups is 1. The molecule has 2 heterocycles. The predicted molar refractivity (Wildman–Crippen MR) is 115 cm³/mol. The van der Waals surface area contributed by atoms with Crippen LogP contribution in [0.4, 0.5) is 5.82 Å². The van der Waals surface area contributed by atoms with Crippen LogP contribution in [0.1, 0.15) is 24.7 Å². The average molecular weight is 414 g/mol. The number of benzene rings is 1. The molecule has 144 valence electrons. The first kappa shape index (κ1) is 20.0. The lowest BCUT2D eigenvalue weighted by molar-refractivity contribution is -0.122. The van der Waals surface area contributed by atoms with Crippen LogP contribution in [-0.2, 0) is 9.59 Å². The van der Waals surface area contributed by atoms with Crippen molar-refractivity contribution in [2.75, 3.05) is 11.9 Å². The van der Waals surface area contributed by atoms with E-state index in [-0.39, 0.29) is 24.8 Å². The number of nitrogens with zero attached hydrogens (tertiary/aromatic N) is 2. The van der Waals surface area contributed by atoms with Gasteiger partial charge in [0.25, 0.3) is 5.91 Å². The molecular weight excluding hydrogens is 394 g/mol. The molecule has 2 amide bonds. The number of hydrogen-bond donors (Lipinski definition) is 1. The molecule has 1 aromatic carbocycles. The Balaban J connectivity index is 1.60. The van der Waals surface area contributed by atoms with Gasteiger partial charge in [0.2, 0.25) is 5.91 Å². The van der Waals surface area contributed by atoms with E-state index >= 15 is 0 Å². The van der Waals surface area contributed by atoms with Crippen molar-refractivity contribution in [3.8, 4) is 0 Å². The van der Waals surface area contributed by atoms with Gasteiger partial charge in [-0.3, -0.25) is 14.5 Å². The molecule has 0 aliphatic carbocycles. The minimum atomic E-state index is -0.258. The van der Waals surface area contributed by atoms with Crippen molar-refractivity contribution in [2.45, 2.75) is 20.3 Å². The van der Waals surface area contributed by atoms with Crippen molar-refractivity contribution >= 4 is 52.0 Å². The van der Waals surface area contributed by atoms with Crippen LogP contribution < -0.4 is 5.32 Å². The summed E-state index contributed by atoms with van der Waals surface area (Å²) in [5, 5.41) is 6.34. The average Bonchev–Trinajstić information content (AvgIpc) is 3.17. The summed E-state index contributed by atoms with van der Waals surface area (Å²) in [4.78, 5) is 26.7. The normalized spacial score (nSPS) is 16.1. The fourth-order valence-corrected chi connectivity index (χ4v) is 3.96. The van der Waals surface area contributed by atoms with Crippen molar-refractivity contribution in [3.63, 3.8) is 0 Å². The van der Waals surface area contributed by atoms with E-state index in [9.17, 15) is 9.59 Å². The van der Waals surface area contributed by atoms with Crippen LogP contribution in [0, 0.1) is 6.92 Å². The number of rotatable bonds is 6. The lowest BCUT2D eigenvalue weighted by Crippen LogP contribution is -2.31. The zero-order valence-corrected chi connectivity index (χ0v) is 17.1. The molecule has 0 radical (unpaired) electrons.